The monoisotopic (exact) mass is 648 g/mol. The van der Waals surface area contributed by atoms with Crippen molar-refractivity contribution in [3.63, 3.8) is 0 Å². The average Bonchev–Trinajstić information content (AvgIpc) is 3.08. The number of carboxylic acids is 2. The third kappa shape index (κ3) is 11.2. The molecule has 8 nitrogen and oxygen atoms in total. The highest BCUT2D eigenvalue weighted by Gasteiger charge is 2.26. The van der Waals surface area contributed by atoms with Crippen molar-refractivity contribution in [3.05, 3.63) is 120 Å². The molecular weight excluding hydrogens is 604 g/mol. The zero-order valence-electron chi connectivity index (χ0n) is 27.5. The lowest BCUT2D eigenvalue weighted by Gasteiger charge is -2.26. The molecule has 0 radical (unpaired) electrons. The molecule has 0 aliphatic rings. The van der Waals surface area contributed by atoms with Crippen molar-refractivity contribution in [2.45, 2.75) is 64.5 Å². The molecule has 4 atom stereocenters. The van der Waals surface area contributed by atoms with E-state index in [-0.39, 0.29) is 31.1 Å². The molecule has 0 saturated heterocycles. The fourth-order valence-corrected chi connectivity index (χ4v) is 5.81. The Morgan fingerprint density at radius 3 is 1.40 bits per heavy atom. The first-order valence-corrected chi connectivity index (χ1v) is 16.4. The van der Waals surface area contributed by atoms with E-state index in [4.69, 9.17) is 5.11 Å². The van der Waals surface area contributed by atoms with Gasteiger partial charge in [-0.2, -0.15) is 0 Å². The summed E-state index contributed by atoms with van der Waals surface area (Å²) >= 11 is 0. The van der Waals surface area contributed by atoms with Crippen LogP contribution in [-0.2, 0) is 32.0 Å². The van der Waals surface area contributed by atoms with E-state index in [9.17, 15) is 24.3 Å². The van der Waals surface area contributed by atoms with Gasteiger partial charge < -0.3 is 20.8 Å². The summed E-state index contributed by atoms with van der Waals surface area (Å²) in [5, 5.41) is 24.7. The van der Waals surface area contributed by atoms with Gasteiger partial charge in [0.05, 0.1) is 12.3 Å². The molecule has 0 fully saturated rings. The summed E-state index contributed by atoms with van der Waals surface area (Å²) in [5.74, 6) is -3.77. The second-order valence-corrected chi connectivity index (χ2v) is 12.5. The second kappa shape index (κ2) is 17.6. The number of benzene rings is 4. The van der Waals surface area contributed by atoms with Crippen molar-refractivity contribution in [1.82, 2.24) is 10.6 Å². The average molecular weight is 649 g/mol. The molecule has 0 aliphatic heterocycles. The molecule has 4 aromatic rings. The maximum Gasteiger partial charge on any atom is 0.306 e. The molecule has 48 heavy (non-hydrogen) atoms. The zero-order valence-corrected chi connectivity index (χ0v) is 27.5. The lowest BCUT2D eigenvalue weighted by molar-refractivity contribution is -0.142. The molecule has 0 unspecified atom stereocenters. The highest BCUT2D eigenvalue weighted by molar-refractivity contribution is 5.81. The maximum absolute atomic E-state index is 13.6. The number of carbonyl (C=O) groups is 4. The number of rotatable bonds is 17. The normalized spacial score (nSPS) is 13.5. The molecule has 8 heteroatoms. The summed E-state index contributed by atoms with van der Waals surface area (Å²) in [6.45, 7) is 3.42. The summed E-state index contributed by atoms with van der Waals surface area (Å²) in [5.41, 5.74) is 6.26. The first-order chi connectivity index (χ1) is 23.1. The molecule has 0 bridgehead atoms. The molecule has 0 heterocycles. The highest BCUT2D eigenvalue weighted by Crippen LogP contribution is 2.23. The van der Waals surface area contributed by atoms with Crippen LogP contribution in [0.5, 0.6) is 0 Å². The third-order valence-electron chi connectivity index (χ3n) is 8.51. The summed E-state index contributed by atoms with van der Waals surface area (Å²) in [6.07, 6.45) is 1.07. The minimum Gasteiger partial charge on any atom is -0.481 e. The Bertz CT molecular complexity index is 1640. The Kier molecular flexibility index (Phi) is 13.1. The Hall–Kier alpha value is -5.24. The van der Waals surface area contributed by atoms with Gasteiger partial charge in [-0.1, -0.05) is 123 Å². The van der Waals surface area contributed by atoms with E-state index in [1.807, 2.05) is 109 Å². The number of hydrogen-bond donors (Lipinski definition) is 4. The summed E-state index contributed by atoms with van der Waals surface area (Å²) < 4.78 is 0. The Morgan fingerprint density at radius 1 is 0.542 bits per heavy atom. The van der Waals surface area contributed by atoms with Gasteiger partial charge in [0.1, 0.15) is 0 Å². The standard InChI is InChI=1S/C40H44N2O6/c1-27(23-35(41-37(43)21-22-38(44)45)25-29-13-17-33(18-14-29)31-9-5-3-6-10-31)39(46)42-36(24-28(2)40(47)48)26-30-15-19-34(20-16-30)32-11-7-4-8-12-32/h3-20,27-28,35-36H,21-26H2,1-2H3,(H,41,43)(H,42,46)(H,44,45)(H,47,48)/t27-,28-,35+,36+/m1/s1. The van der Waals surface area contributed by atoms with Gasteiger partial charge in [-0.05, 0) is 59.1 Å². The molecule has 4 aromatic carbocycles. The van der Waals surface area contributed by atoms with Gasteiger partial charge in [-0.15, -0.1) is 0 Å². The Labute approximate surface area is 282 Å². The van der Waals surface area contributed by atoms with Crippen LogP contribution < -0.4 is 10.6 Å². The smallest absolute Gasteiger partial charge is 0.306 e. The van der Waals surface area contributed by atoms with Crippen molar-refractivity contribution in [2.24, 2.45) is 11.8 Å². The first kappa shape index (κ1) is 35.6. The van der Waals surface area contributed by atoms with Gasteiger partial charge in [-0.25, -0.2) is 0 Å². The quantitative estimate of drug-likeness (QED) is 0.0998. The Balaban J connectivity index is 1.45. The molecule has 0 aromatic heterocycles. The van der Waals surface area contributed by atoms with Crippen LogP contribution >= 0.6 is 0 Å². The molecular formula is C40H44N2O6. The van der Waals surface area contributed by atoms with Crippen LogP contribution in [-0.4, -0.2) is 46.0 Å². The van der Waals surface area contributed by atoms with Gasteiger partial charge in [0.25, 0.3) is 0 Å². The fourth-order valence-electron chi connectivity index (χ4n) is 5.81. The van der Waals surface area contributed by atoms with Crippen molar-refractivity contribution < 1.29 is 29.4 Å². The van der Waals surface area contributed by atoms with Crippen LogP contribution in [0.4, 0.5) is 0 Å². The van der Waals surface area contributed by atoms with Crippen LogP contribution in [0.15, 0.2) is 109 Å². The summed E-state index contributed by atoms with van der Waals surface area (Å²) in [6, 6.07) is 35.2. The lowest BCUT2D eigenvalue weighted by atomic mass is 9.92. The van der Waals surface area contributed by atoms with Crippen molar-refractivity contribution in [3.8, 4) is 22.3 Å². The van der Waals surface area contributed by atoms with Crippen LogP contribution in [0.25, 0.3) is 22.3 Å². The van der Waals surface area contributed by atoms with E-state index in [1.165, 1.54) is 0 Å². The lowest BCUT2D eigenvalue weighted by Crippen LogP contribution is -2.44. The largest absolute Gasteiger partial charge is 0.481 e. The molecule has 250 valence electrons. The van der Waals surface area contributed by atoms with E-state index in [0.29, 0.717) is 19.3 Å². The number of carbonyl (C=O) groups excluding carboxylic acids is 2. The summed E-state index contributed by atoms with van der Waals surface area (Å²) in [4.78, 5) is 49.1. The number of nitrogens with one attached hydrogen (secondary N) is 2. The Morgan fingerprint density at radius 2 is 0.958 bits per heavy atom. The zero-order chi connectivity index (χ0) is 34.5. The number of hydrogen-bond acceptors (Lipinski definition) is 4. The van der Waals surface area contributed by atoms with Crippen LogP contribution in [0.3, 0.4) is 0 Å². The summed E-state index contributed by atoms with van der Waals surface area (Å²) in [7, 11) is 0. The third-order valence-corrected chi connectivity index (χ3v) is 8.51. The molecule has 4 N–H and O–H groups in total. The van der Waals surface area contributed by atoms with E-state index < -0.39 is 35.9 Å². The molecule has 2 amide bonds. The molecule has 0 spiro atoms. The van der Waals surface area contributed by atoms with Crippen molar-refractivity contribution >= 4 is 23.8 Å². The number of aliphatic carboxylic acids is 2. The second-order valence-electron chi connectivity index (χ2n) is 12.5. The van der Waals surface area contributed by atoms with Gasteiger partial charge >= 0.3 is 11.9 Å². The van der Waals surface area contributed by atoms with Crippen molar-refractivity contribution in [1.29, 1.82) is 0 Å². The highest BCUT2D eigenvalue weighted by atomic mass is 16.4. The fraction of sp³-hybridized carbons (Fsp3) is 0.300. The van der Waals surface area contributed by atoms with Crippen LogP contribution in [0.2, 0.25) is 0 Å². The topological polar surface area (TPSA) is 133 Å². The van der Waals surface area contributed by atoms with Crippen molar-refractivity contribution in [2.75, 3.05) is 0 Å². The molecule has 0 saturated carbocycles. The maximum atomic E-state index is 13.6. The first-order valence-electron chi connectivity index (χ1n) is 16.4. The predicted octanol–water partition coefficient (Wildman–Crippen LogP) is 6.78. The minimum atomic E-state index is -1.05. The number of carboxylic acid groups (broad SMARTS) is 2. The van der Waals surface area contributed by atoms with Gasteiger partial charge in [0.15, 0.2) is 0 Å². The molecule has 0 aliphatic carbocycles. The SMILES string of the molecule is C[C@H](C[C@@H](Cc1ccc(-c2ccccc2)cc1)NC(=O)[C@H](C)C[C@@H](Cc1ccc(-c2ccccc2)cc1)NC(=O)CCC(=O)O)C(=O)O. The van der Waals surface area contributed by atoms with Gasteiger partial charge in [-0.3, -0.25) is 19.2 Å². The minimum absolute atomic E-state index is 0.155. The van der Waals surface area contributed by atoms with E-state index in [0.717, 1.165) is 33.4 Å². The van der Waals surface area contributed by atoms with Crippen LogP contribution in [0.1, 0.15) is 50.7 Å². The van der Waals surface area contributed by atoms with Gasteiger partial charge in [0, 0.05) is 24.4 Å². The van der Waals surface area contributed by atoms with E-state index in [1.54, 1.807) is 13.8 Å². The van der Waals surface area contributed by atoms with E-state index >= 15 is 0 Å². The number of amides is 2. The molecule has 4 rings (SSSR count). The predicted molar refractivity (Wildman–Crippen MR) is 187 cm³/mol. The van der Waals surface area contributed by atoms with Crippen LogP contribution in [0, 0.1) is 11.8 Å². The van der Waals surface area contributed by atoms with Gasteiger partial charge in [0.2, 0.25) is 11.8 Å². The van der Waals surface area contributed by atoms with E-state index in [2.05, 4.69) is 10.6 Å².